The Morgan fingerprint density at radius 2 is 1.79 bits per heavy atom. The highest BCUT2D eigenvalue weighted by Gasteiger charge is 2.11. The Balaban J connectivity index is 2.21. The highest BCUT2D eigenvalue weighted by molar-refractivity contribution is 7.92. The molecule has 6 heteroatoms. The first-order chi connectivity index (χ1) is 8.85. The highest BCUT2D eigenvalue weighted by Crippen LogP contribution is 2.16. The molecule has 0 aliphatic carbocycles. The highest BCUT2D eigenvalue weighted by atomic mass is 32.2. The fraction of sp³-hybridized carbons (Fsp3) is 0.154. The monoisotopic (exact) mass is 279 g/mol. The van der Waals surface area contributed by atoms with Gasteiger partial charge in [-0.25, -0.2) is 8.42 Å². The van der Waals surface area contributed by atoms with E-state index in [1.54, 1.807) is 37.3 Å². The van der Waals surface area contributed by atoms with Crippen LogP contribution in [0.15, 0.2) is 41.0 Å². The lowest BCUT2D eigenvalue weighted by Gasteiger charge is -2.04. The van der Waals surface area contributed by atoms with Gasteiger partial charge in [-0.1, -0.05) is 0 Å². The normalized spacial score (nSPS) is 11.3. The van der Waals surface area contributed by atoms with E-state index in [9.17, 15) is 13.2 Å². The maximum Gasteiger partial charge on any atom is 0.229 e. The third-order valence-electron chi connectivity index (χ3n) is 2.44. The van der Waals surface area contributed by atoms with Gasteiger partial charge in [-0.3, -0.25) is 9.52 Å². The van der Waals surface area contributed by atoms with Crippen LogP contribution < -0.4 is 4.72 Å². The first-order valence-electron chi connectivity index (χ1n) is 5.53. The minimum absolute atomic E-state index is 0.164. The fourth-order valence-electron chi connectivity index (χ4n) is 1.63. The molecule has 0 radical (unpaired) electrons. The van der Waals surface area contributed by atoms with Crippen LogP contribution in [0.4, 0.5) is 5.69 Å². The largest absolute Gasteiger partial charge is 0.469 e. The number of rotatable bonds is 4. The molecule has 1 aromatic heterocycles. The van der Waals surface area contributed by atoms with Crippen molar-refractivity contribution in [1.82, 2.24) is 0 Å². The summed E-state index contributed by atoms with van der Waals surface area (Å²) in [7, 11) is -3.31. The van der Waals surface area contributed by atoms with E-state index in [4.69, 9.17) is 4.42 Å². The second kappa shape index (κ2) is 4.89. The Kier molecular flexibility index (Phi) is 3.44. The van der Waals surface area contributed by atoms with Gasteiger partial charge >= 0.3 is 0 Å². The molecule has 0 spiro atoms. The Morgan fingerprint density at radius 1 is 1.16 bits per heavy atom. The van der Waals surface area contributed by atoms with Gasteiger partial charge in [0.1, 0.15) is 12.0 Å². The van der Waals surface area contributed by atoms with Gasteiger partial charge < -0.3 is 4.42 Å². The smallest absolute Gasteiger partial charge is 0.229 e. The molecule has 0 amide bonds. The third kappa shape index (κ3) is 3.45. The van der Waals surface area contributed by atoms with Crippen molar-refractivity contribution in [2.45, 2.75) is 6.92 Å². The summed E-state index contributed by atoms with van der Waals surface area (Å²) in [4.78, 5) is 12.1. The molecule has 0 bridgehead atoms. The number of ketones is 1. The van der Waals surface area contributed by atoms with Gasteiger partial charge in [0.2, 0.25) is 10.0 Å². The molecule has 0 aliphatic rings. The number of benzene rings is 1. The van der Waals surface area contributed by atoms with Crippen LogP contribution in [0.2, 0.25) is 0 Å². The summed E-state index contributed by atoms with van der Waals surface area (Å²) in [6.45, 7) is 1.76. The minimum atomic E-state index is -3.31. The van der Waals surface area contributed by atoms with Crippen LogP contribution in [0.25, 0.3) is 0 Å². The first-order valence-corrected chi connectivity index (χ1v) is 7.42. The van der Waals surface area contributed by atoms with E-state index in [1.807, 2.05) is 0 Å². The maximum absolute atomic E-state index is 12.1. The van der Waals surface area contributed by atoms with E-state index in [-0.39, 0.29) is 5.78 Å². The molecule has 100 valence electrons. The van der Waals surface area contributed by atoms with E-state index in [0.29, 0.717) is 22.6 Å². The van der Waals surface area contributed by atoms with Crippen LogP contribution in [0.3, 0.4) is 0 Å². The summed E-state index contributed by atoms with van der Waals surface area (Å²) < 4.78 is 29.5. The first kappa shape index (κ1) is 13.4. The number of carbonyl (C=O) groups is 1. The average molecular weight is 279 g/mol. The van der Waals surface area contributed by atoms with E-state index in [1.165, 1.54) is 6.26 Å². The summed E-state index contributed by atoms with van der Waals surface area (Å²) in [5.74, 6) is 0.501. The molecule has 0 saturated carbocycles. The summed E-state index contributed by atoms with van der Waals surface area (Å²) in [5, 5.41) is 0. The van der Waals surface area contributed by atoms with Crippen molar-refractivity contribution in [3.8, 4) is 0 Å². The van der Waals surface area contributed by atoms with E-state index in [0.717, 1.165) is 6.26 Å². The Hall–Kier alpha value is -2.08. The Labute approximate surface area is 111 Å². The summed E-state index contributed by atoms with van der Waals surface area (Å²) in [5.41, 5.74) is 1.36. The van der Waals surface area contributed by atoms with E-state index in [2.05, 4.69) is 4.72 Å². The molecule has 0 atom stereocenters. The molecule has 1 N–H and O–H groups in total. The van der Waals surface area contributed by atoms with E-state index < -0.39 is 10.0 Å². The van der Waals surface area contributed by atoms with Crippen LogP contribution in [-0.2, 0) is 10.0 Å². The Bertz CT molecular complexity index is 698. The van der Waals surface area contributed by atoms with Crippen molar-refractivity contribution in [3.63, 3.8) is 0 Å². The number of aryl methyl sites for hydroxylation is 1. The van der Waals surface area contributed by atoms with E-state index >= 15 is 0 Å². The second-order valence-corrected chi connectivity index (χ2v) is 5.98. The van der Waals surface area contributed by atoms with Gasteiger partial charge in [0.05, 0.1) is 11.8 Å². The molecule has 2 rings (SSSR count). The molecular formula is C13H13NO4S. The molecule has 1 aromatic carbocycles. The van der Waals surface area contributed by atoms with Crippen molar-refractivity contribution >= 4 is 21.5 Å². The number of carbonyl (C=O) groups excluding carboxylic acids is 1. The Morgan fingerprint density at radius 3 is 2.26 bits per heavy atom. The van der Waals surface area contributed by atoms with Crippen LogP contribution in [0, 0.1) is 6.92 Å². The molecule has 0 unspecified atom stereocenters. The molecule has 0 aliphatic heterocycles. The lowest BCUT2D eigenvalue weighted by atomic mass is 10.1. The van der Waals surface area contributed by atoms with Gasteiger partial charge in [-0.2, -0.15) is 0 Å². The lowest BCUT2D eigenvalue weighted by molar-refractivity contribution is 0.103. The lowest BCUT2D eigenvalue weighted by Crippen LogP contribution is -2.09. The zero-order valence-electron chi connectivity index (χ0n) is 10.5. The third-order valence-corrected chi connectivity index (χ3v) is 3.05. The SMILES string of the molecule is Cc1cc(C(=O)c2ccc(NS(C)(=O)=O)cc2)co1. The van der Waals surface area contributed by atoms with Crippen LogP contribution in [0.5, 0.6) is 0 Å². The van der Waals surface area contributed by atoms with Crippen molar-refractivity contribution in [1.29, 1.82) is 0 Å². The topological polar surface area (TPSA) is 76.4 Å². The number of hydrogen-bond donors (Lipinski definition) is 1. The zero-order chi connectivity index (χ0) is 14.0. The number of furan rings is 1. The molecule has 5 nitrogen and oxygen atoms in total. The molecule has 19 heavy (non-hydrogen) atoms. The zero-order valence-corrected chi connectivity index (χ0v) is 11.3. The van der Waals surface area contributed by atoms with Gasteiger partial charge in [0, 0.05) is 11.3 Å². The number of anilines is 1. The van der Waals surface area contributed by atoms with Crippen LogP contribution >= 0.6 is 0 Å². The van der Waals surface area contributed by atoms with Gasteiger partial charge in [0.15, 0.2) is 5.78 Å². The summed E-state index contributed by atoms with van der Waals surface area (Å²) in [6, 6.07) is 7.88. The number of nitrogens with one attached hydrogen (secondary N) is 1. The van der Waals surface area contributed by atoms with Gasteiger partial charge in [-0.15, -0.1) is 0 Å². The molecule has 1 heterocycles. The quantitative estimate of drug-likeness (QED) is 0.870. The number of sulfonamides is 1. The fourth-order valence-corrected chi connectivity index (χ4v) is 2.20. The average Bonchev–Trinajstić information content (AvgIpc) is 2.74. The summed E-state index contributed by atoms with van der Waals surface area (Å²) in [6.07, 6.45) is 2.47. The van der Waals surface area contributed by atoms with Crippen molar-refractivity contribution in [3.05, 3.63) is 53.5 Å². The van der Waals surface area contributed by atoms with Gasteiger partial charge in [0.25, 0.3) is 0 Å². The number of hydrogen-bond acceptors (Lipinski definition) is 4. The molecule has 0 saturated heterocycles. The maximum atomic E-state index is 12.1. The predicted octanol–water partition coefficient (Wildman–Crippen LogP) is 2.19. The van der Waals surface area contributed by atoms with Crippen molar-refractivity contribution in [2.24, 2.45) is 0 Å². The van der Waals surface area contributed by atoms with Gasteiger partial charge in [-0.05, 0) is 37.3 Å². The second-order valence-electron chi connectivity index (χ2n) is 4.23. The predicted molar refractivity (Wildman–Crippen MR) is 71.8 cm³/mol. The molecule has 0 fully saturated rings. The standard InChI is InChI=1S/C13H13NO4S/c1-9-7-11(8-18-9)13(15)10-3-5-12(6-4-10)14-19(2,16)17/h3-8,14H,1-2H3. The molecule has 2 aromatic rings. The molecular weight excluding hydrogens is 266 g/mol. The van der Waals surface area contributed by atoms with Crippen molar-refractivity contribution < 1.29 is 17.6 Å². The van der Waals surface area contributed by atoms with Crippen LogP contribution in [-0.4, -0.2) is 20.5 Å². The van der Waals surface area contributed by atoms with Crippen LogP contribution in [0.1, 0.15) is 21.7 Å². The summed E-state index contributed by atoms with van der Waals surface area (Å²) >= 11 is 0. The van der Waals surface area contributed by atoms with Crippen molar-refractivity contribution in [2.75, 3.05) is 11.0 Å². The minimum Gasteiger partial charge on any atom is -0.469 e.